The van der Waals surface area contributed by atoms with Crippen LogP contribution in [0.25, 0.3) is 0 Å². The van der Waals surface area contributed by atoms with Gasteiger partial charge in [0.1, 0.15) is 0 Å². The molecule has 1 aromatic rings. The van der Waals surface area contributed by atoms with Crippen molar-refractivity contribution in [3.05, 3.63) is 35.9 Å². The van der Waals surface area contributed by atoms with Crippen LogP contribution < -0.4 is 5.73 Å². The molecule has 3 unspecified atom stereocenters. The normalized spacial score (nSPS) is 26.4. The molecule has 2 amide bonds. The first-order chi connectivity index (χ1) is 11.8. The number of piperidine rings is 1. The molecule has 144 valence electrons. The molecule has 1 aromatic carbocycles. The standard InChI is InChI=1S/C20H29N3O2.ClH/c1-14(15-7-5-4-6-8-15)23-12-16(11-18(23)24)19(25)22-10-9-17(21)20(2,3)13-22;/h4-8,14,16-17H,9-13,21H2,1-3H3;1H. The van der Waals surface area contributed by atoms with Crippen LogP contribution in [-0.2, 0) is 9.59 Å². The van der Waals surface area contributed by atoms with E-state index < -0.39 is 0 Å². The van der Waals surface area contributed by atoms with Gasteiger partial charge in [-0.1, -0.05) is 44.2 Å². The van der Waals surface area contributed by atoms with Gasteiger partial charge in [-0.15, -0.1) is 12.4 Å². The Morgan fingerprint density at radius 2 is 1.92 bits per heavy atom. The van der Waals surface area contributed by atoms with Crippen molar-refractivity contribution in [3.63, 3.8) is 0 Å². The molecule has 5 nitrogen and oxygen atoms in total. The number of carbonyl (C=O) groups is 2. The molecule has 0 saturated carbocycles. The number of nitrogens with zero attached hydrogens (tertiary/aromatic N) is 2. The Labute approximate surface area is 162 Å². The van der Waals surface area contributed by atoms with Crippen LogP contribution in [0.2, 0.25) is 0 Å². The Kier molecular flexibility index (Phi) is 6.35. The van der Waals surface area contributed by atoms with E-state index in [1.807, 2.05) is 47.1 Å². The van der Waals surface area contributed by atoms with E-state index in [0.29, 0.717) is 26.1 Å². The smallest absolute Gasteiger partial charge is 0.228 e. The molecule has 2 aliphatic rings. The molecule has 2 aliphatic heterocycles. The van der Waals surface area contributed by atoms with Crippen LogP contribution >= 0.6 is 12.4 Å². The third-order valence-corrected chi connectivity index (χ3v) is 5.88. The monoisotopic (exact) mass is 379 g/mol. The average Bonchev–Trinajstić information content (AvgIpc) is 2.98. The molecule has 2 N–H and O–H groups in total. The maximum absolute atomic E-state index is 13.0. The third kappa shape index (κ3) is 4.04. The minimum absolute atomic E-state index is 0. The van der Waals surface area contributed by atoms with Gasteiger partial charge in [0, 0.05) is 32.1 Å². The minimum Gasteiger partial charge on any atom is -0.342 e. The fraction of sp³-hybridized carbons (Fsp3) is 0.600. The number of likely N-dealkylation sites (tertiary alicyclic amines) is 2. The second kappa shape index (κ2) is 7.97. The van der Waals surface area contributed by atoms with Gasteiger partial charge < -0.3 is 15.5 Å². The van der Waals surface area contributed by atoms with E-state index in [4.69, 9.17) is 5.73 Å². The Morgan fingerprint density at radius 3 is 2.54 bits per heavy atom. The molecule has 26 heavy (non-hydrogen) atoms. The number of benzene rings is 1. The number of halogens is 1. The van der Waals surface area contributed by atoms with E-state index in [1.165, 1.54) is 0 Å². The summed E-state index contributed by atoms with van der Waals surface area (Å²) in [4.78, 5) is 29.2. The zero-order valence-corrected chi connectivity index (χ0v) is 16.7. The Hall–Kier alpha value is -1.59. The van der Waals surface area contributed by atoms with Crippen LogP contribution in [0.5, 0.6) is 0 Å². The quantitative estimate of drug-likeness (QED) is 0.877. The van der Waals surface area contributed by atoms with E-state index in [2.05, 4.69) is 13.8 Å². The number of nitrogens with two attached hydrogens (primary N) is 1. The van der Waals surface area contributed by atoms with Crippen LogP contribution in [0.15, 0.2) is 30.3 Å². The summed E-state index contributed by atoms with van der Waals surface area (Å²) in [6, 6.07) is 10.1. The largest absolute Gasteiger partial charge is 0.342 e. The fourth-order valence-electron chi connectivity index (χ4n) is 4.00. The highest BCUT2D eigenvalue weighted by Gasteiger charge is 2.42. The summed E-state index contributed by atoms with van der Waals surface area (Å²) in [6.45, 7) is 8.13. The molecule has 0 spiro atoms. The molecule has 2 saturated heterocycles. The van der Waals surface area contributed by atoms with Crippen LogP contribution in [0.4, 0.5) is 0 Å². The van der Waals surface area contributed by atoms with E-state index in [0.717, 1.165) is 12.0 Å². The summed E-state index contributed by atoms with van der Waals surface area (Å²) in [7, 11) is 0. The number of amides is 2. The summed E-state index contributed by atoms with van der Waals surface area (Å²) in [5.41, 5.74) is 7.21. The summed E-state index contributed by atoms with van der Waals surface area (Å²) in [6.07, 6.45) is 1.14. The lowest BCUT2D eigenvalue weighted by Gasteiger charge is -2.43. The zero-order valence-electron chi connectivity index (χ0n) is 15.9. The molecule has 3 atom stereocenters. The van der Waals surface area contributed by atoms with Gasteiger partial charge >= 0.3 is 0 Å². The molecule has 0 radical (unpaired) electrons. The molecule has 0 aliphatic carbocycles. The zero-order chi connectivity index (χ0) is 18.2. The summed E-state index contributed by atoms with van der Waals surface area (Å²) in [5.74, 6) is -0.0532. The minimum atomic E-state index is -0.233. The SMILES string of the molecule is CC(c1ccccc1)N1CC(C(=O)N2CCC(N)C(C)(C)C2)CC1=O.Cl. The first-order valence-corrected chi connectivity index (χ1v) is 9.18. The van der Waals surface area contributed by atoms with Gasteiger partial charge in [-0.05, 0) is 24.3 Å². The van der Waals surface area contributed by atoms with Gasteiger partial charge in [-0.25, -0.2) is 0 Å². The van der Waals surface area contributed by atoms with Crippen molar-refractivity contribution in [2.45, 2.75) is 45.7 Å². The van der Waals surface area contributed by atoms with Crippen LogP contribution in [0, 0.1) is 11.3 Å². The van der Waals surface area contributed by atoms with E-state index in [9.17, 15) is 9.59 Å². The third-order valence-electron chi connectivity index (χ3n) is 5.88. The van der Waals surface area contributed by atoms with Crippen molar-refractivity contribution >= 4 is 24.2 Å². The second-order valence-corrected chi connectivity index (χ2v) is 8.18. The van der Waals surface area contributed by atoms with Crippen molar-refractivity contribution < 1.29 is 9.59 Å². The number of hydrogen-bond acceptors (Lipinski definition) is 3. The predicted molar refractivity (Wildman–Crippen MR) is 105 cm³/mol. The van der Waals surface area contributed by atoms with Crippen molar-refractivity contribution in [1.82, 2.24) is 9.80 Å². The Balaban J connectivity index is 0.00000243. The van der Waals surface area contributed by atoms with Crippen LogP contribution in [-0.4, -0.2) is 47.3 Å². The van der Waals surface area contributed by atoms with Crippen LogP contribution in [0.3, 0.4) is 0 Å². The first kappa shape index (κ1) is 20.7. The average molecular weight is 380 g/mol. The number of hydrogen-bond donors (Lipinski definition) is 1. The van der Waals surface area contributed by atoms with Crippen molar-refractivity contribution in [1.29, 1.82) is 0 Å². The van der Waals surface area contributed by atoms with Gasteiger partial charge in [0.15, 0.2) is 0 Å². The van der Waals surface area contributed by atoms with Crippen molar-refractivity contribution in [2.75, 3.05) is 19.6 Å². The molecule has 2 heterocycles. The second-order valence-electron chi connectivity index (χ2n) is 8.18. The van der Waals surface area contributed by atoms with Crippen molar-refractivity contribution in [2.24, 2.45) is 17.1 Å². The van der Waals surface area contributed by atoms with Crippen LogP contribution in [0.1, 0.15) is 45.2 Å². The van der Waals surface area contributed by atoms with Gasteiger partial charge in [0.05, 0.1) is 12.0 Å². The van der Waals surface area contributed by atoms with Gasteiger partial charge in [-0.2, -0.15) is 0 Å². The lowest BCUT2D eigenvalue weighted by atomic mass is 9.79. The Morgan fingerprint density at radius 1 is 1.27 bits per heavy atom. The highest BCUT2D eigenvalue weighted by molar-refractivity contribution is 5.89. The topological polar surface area (TPSA) is 66.6 Å². The Bertz CT molecular complexity index is 650. The highest BCUT2D eigenvalue weighted by Crippen LogP contribution is 2.32. The highest BCUT2D eigenvalue weighted by atomic mass is 35.5. The number of rotatable bonds is 3. The van der Waals surface area contributed by atoms with E-state index in [-0.39, 0.29) is 47.6 Å². The predicted octanol–water partition coefficient (Wildman–Crippen LogP) is 2.60. The first-order valence-electron chi connectivity index (χ1n) is 9.18. The summed E-state index contributed by atoms with van der Waals surface area (Å²) in [5, 5.41) is 0. The molecule has 0 bridgehead atoms. The molecule has 2 fully saturated rings. The number of carbonyl (C=O) groups excluding carboxylic acids is 2. The maximum Gasteiger partial charge on any atom is 0.228 e. The van der Waals surface area contributed by atoms with Gasteiger partial charge in [0.25, 0.3) is 0 Å². The lowest BCUT2D eigenvalue weighted by Crippen LogP contribution is -2.55. The summed E-state index contributed by atoms with van der Waals surface area (Å²) < 4.78 is 0. The maximum atomic E-state index is 13.0. The molecule has 6 heteroatoms. The molecule has 0 aromatic heterocycles. The molecular formula is C20H30ClN3O2. The van der Waals surface area contributed by atoms with Gasteiger partial charge in [0.2, 0.25) is 11.8 Å². The molecular weight excluding hydrogens is 350 g/mol. The summed E-state index contributed by atoms with van der Waals surface area (Å²) >= 11 is 0. The fourth-order valence-corrected chi connectivity index (χ4v) is 4.00. The van der Waals surface area contributed by atoms with Gasteiger partial charge in [-0.3, -0.25) is 9.59 Å². The van der Waals surface area contributed by atoms with E-state index in [1.54, 1.807) is 0 Å². The molecule has 3 rings (SSSR count). The van der Waals surface area contributed by atoms with Crippen molar-refractivity contribution in [3.8, 4) is 0 Å². The lowest BCUT2D eigenvalue weighted by molar-refractivity contribution is -0.139. The van der Waals surface area contributed by atoms with E-state index >= 15 is 0 Å².